The van der Waals surface area contributed by atoms with Crippen molar-refractivity contribution >= 4 is 40.8 Å². The lowest BCUT2D eigenvalue weighted by Gasteiger charge is -2.08. The zero-order valence-electron chi connectivity index (χ0n) is 20.1. The Morgan fingerprint density at radius 2 is 2.26 bits per heavy atom. The normalized spacial score (nSPS) is 15.0. The third-order valence-corrected chi connectivity index (χ3v) is 6.01. The van der Waals surface area contributed by atoms with E-state index in [1.807, 2.05) is 6.07 Å². The maximum atomic E-state index is 12.4. The number of benzene rings is 1. The van der Waals surface area contributed by atoms with Crippen molar-refractivity contribution < 1.29 is 14.6 Å². The minimum atomic E-state index is -0.875. The van der Waals surface area contributed by atoms with E-state index in [1.165, 1.54) is 19.2 Å². The first-order valence-corrected chi connectivity index (χ1v) is 12.0. The van der Waals surface area contributed by atoms with Gasteiger partial charge in [0.25, 0.3) is 0 Å². The number of imidazole rings is 1. The Balaban J connectivity index is 1.57. The number of nitrogens with two attached hydrogens (primary N) is 1. The molecule has 3 aromatic heterocycles. The largest absolute Gasteiger partial charge is 0.493 e. The number of rotatable bonds is 7. The number of hydrogen-bond acceptors (Lipinski definition) is 10. The Morgan fingerprint density at radius 3 is 2.95 bits per heavy atom. The Morgan fingerprint density at radius 1 is 1.47 bits per heavy atom. The second kappa shape index (κ2) is 10.0. The number of carbonyl (C=O) groups is 1. The summed E-state index contributed by atoms with van der Waals surface area (Å²) in [7, 11) is 0. The van der Waals surface area contributed by atoms with Crippen molar-refractivity contribution in [2.45, 2.75) is 38.6 Å². The summed E-state index contributed by atoms with van der Waals surface area (Å²) in [5.41, 5.74) is 6.78. The molecule has 0 aliphatic heterocycles. The molecule has 0 amide bonds. The van der Waals surface area contributed by atoms with Crippen LogP contribution >= 0.6 is 11.6 Å². The van der Waals surface area contributed by atoms with Gasteiger partial charge in [0.2, 0.25) is 5.88 Å². The molecule has 14 heteroatoms. The van der Waals surface area contributed by atoms with Crippen LogP contribution in [0.2, 0.25) is 5.02 Å². The first-order chi connectivity index (χ1) is 18.2. The van der Waals surface area contributed by atoms with Gasteiger partial charge in [-0.3, -0.25) is 9.79 Å². The smallest absolute Gasteiger partial charge is 0.331 e. The number of aromatic hydroxyl groups is 1. The van der Waals surface area contributed by atoms with Gasteiger partial charge >= 0.3 is 11.7 Å². The number of halogens is 1. The van der Waals surface area contributed by atoms with Crippen molar-refractivity contribution in [2.75, 3.05) is 5.32 Å². The number of ether oxygens (including phenoxy) is 1. The Bertz CT molecular complexity index is 1780. The number of aromatic amines is 1. The van der Waals surface area contributed by atoms with Gasteiger partial charge < -0.3 is 25.9 Å². The lowest BCUT2D eigenvalue weighted by molar-refractivity contribution is -0.148. The van der Waals surface area contributed by atoms with Gasteiger partial charge in [-0.2, -0.15) is 14.9 Å². The molecule has 13 nitrogen and oxygen atoms in total. The third-order valence-electron chi connectivity index (χ3n) is 5.69. The van der Waals surface area contributed by atoms with Gasteiger partial charge in [-0.25, -0.2) is 14.3 Å². The Labute approximate surface area is 219 Å². The molecule has 1 unspecified atom stereocenters. The minimum absolute atomic E-state index is 0.0673. The molecule has 194 valence electrons. The van der Waals surface area contributed by atoms with Crippen LogP contribution < -0.4 is 27.4 Å². The van der Waals surface area contributed by atoms with Crippen LogP contribution in [-0.4, -0.2) is 47.3 Å². The second-order valence-corrected chi connectivity index (χ2v) is 9.15. The van der Waals surface area contributed by atoms with E-state index in [-0.39, 0.29) is 11.7 Å². The Kier molecular flexibility index (Phi) is 6.58. The highest BCUT2D eigenvalue weighted by molar-refractivity contribution is 6.33. The summed E-state index contributed by atoms with van der Waals surface area (Å²) < 4.78 is 7.37. The highest BCUT2D eigenvalue weighted by atomic mass is 35.5. The molecule has 1 aliphatic carbocycles. The molecule has 4 aromatic rings. The number of anilines is 2. The van der Waals surface area contributed by atoms with Gasteiger partial charge in [0, 0.05) is 11.3 Å². The molecule has 0 spiro atoms. The molecule has 0 radical (unpaired) electrons. The zero-order valence-corrected chi connectivity index (χ0v) is 20.8. The van der Waals surface area contributed by atoms with Crippen LogP contribution in [0.25, 0.3) is 11.7 Å². The van der Waals surface area contributed by atoms with Crippen LogP contribution in [0.3, 0.4) is 0 Å². The van der Waals surface area contributed by atoms with E-state index >= 15 is 0 Å². The number of nitrogens with zero attached hydrogens (tertiary/aromatic N) is 6. The van der Waals surface area contributed by atoms with E-state index in [1.54, 1.807) is 28.8 Å². The summed E-state index contributed by atoms with van der Waals surface area (Å²) in [4.78, 5) is 35.9. The van der Waals surface area contributed by atoms with Crippen molar-refractivity contribution in [3.8, 4) is 11.9 Å². The SMILES string of the molecule is CC(N)C(=O)OCn1c(O)c(C=c2cnn3c(=NC4CC4)cc(Nc4ccc(C#N)cc4Cl)nc23)[nH]c1=O. The number of H-pyrrole nitrogens is 1. The zero-order chi connectivity index (χ0) is 27.0. The molecular weight excluding hydrogens is 514 g/mol. The van der Waals surface area contributed by atoms with Crippen LogP contribution in [0.4, 0.5) is 11.5 Å². The van der Waals surface area contributed by atoms with Gasteiger partial charge in [0.15, 0.2) is 17.9 Å². The lowest BCUT2D eigenvalue weighted by atomic mass is 10.2. The molecular formula is C24H22ClN9O4. The number of esters is 1. The topological polar surface area (TPSA) is 189 Å². The summed E-state index contributed by atoms with van der Waals surface area (Å²) in [6.45, 7) is 0.938. The highest BCUT2D eigenvalue weighted by Gasteiger charge is 2.21. The first-order valence-electron chi connectivity index (χ1n) is 11.6. The van der Waals surface area contributed by atoms with E-state index in [0.717, 1.165) is 17.4 Å². The van der Waals surface area contributed by atoms with Crippen molar-refractivity contribution in [1.82, 2.24) is 24.1 Å². The molecule has 1 saturated carbocycles. The monoisotopic (exact) mass is 535 g/mol. The minimum Gasteiger partial charge on any atom is -0.493 e. The quantitative estimate of drug-likeness (QED) is 0.246. The molecule has 5 rings (SSSR count). The van der Waals surface area contributed by atoms with Crippen molar-refractivity contribution in [3.63, 3.8) is 0 Å². The van der Waals surface area contributed by atoms with Gasteiger partial charge in [0.1, 0.15) is 17.6 Å². The molecule has 1 aliphatic rings. The van der Waals surface area contributed by atoms with Crippen molar-refractivity contribution in [2.24, 2.45) is 10.7 Å². The summed E-state index contributed by atoms with van der Waals surface area (Å²) >= 11 is 6.33. The fourth-order valence-electron chi connectivity index (χ4n) is 3.55. The standard InChI is InChI=1S/C24H22ClN9O4/c1-12(27)23(36)38-11-33-22(35)18(31-24(33)37)7-14-10-28-34-20(29-15-3-4-15)8-19(32-21(14)34)30-17-5-2-13(9-26)6-16(17)25/h2,5-8,10,12,15,30,35H,3-4,11,27H2,1H3,(H,31,37). The van der Waals surface area contributed by atoms with E-state index in [0.29, 0.717) is 38.4 Å². The molecule has 38 heavy (non-hydrogen) atoms. The van der Waals surface area contributed by atoms with Gasteiger partial charge in [-0.15, -0.1) is 0 Å². The van der Waals surface area contributed by atoms with Crippen molar-refractivity contribution in [1.29, 1.82) is 5.26 Å². The van der Waals surface area contributed by atoms with E-state index in [9.17, 15) is 14.7 Å². The van der Waals surface area contributed by atoms with Crippen LogP contribution in [0.15, 0.2) is 40.2 Å². The molecule has 1 atom stereocenters. The average Bonchev–Trinajstić information content (AvgIpc) is 3.55. The van der Waals surface area contributed by atoms with Crippen LogP contribution in [0, 0.1) is 11.3 Å². The fraction of sp³-hybridized carbons (Fsp3) is 0.250. The van der Waals surface area contributed by atoms with E-state index in [4.69, 9.17) is 32.3 Å². The number of aromatic nitrogens is 5. The second-order valence-electron chi connectivity index (χ2n) is 8.75. The molecule has 5 N–H and O–H groups in total. The summed E-state index contributed by atoms with van der Waals surface area (Å²) in [6, 6.07) is 7.95. The lowest BCUT2D eigenvalue weighted by Crippen LogP contribution is -2.30. The molecule has 0 bridgehead atoms. The Hall–Kier alpha value is -4.67. The highest BCUT2D eigenvalue weighted by Crippen LogP contribution is 2.26. The third kappa shape index (κ3) is 5.08. The molecule has 0 saturated heterocycles. The predicted octanol–water partition coefficient (Wildman–Crippen LogP) is 0.652. The molecule has 1 fully saturated rings. The number of nitriles is 1. The van der Waals surface area contributed by atoms with E-state index < -0.39 is 30.3 Å². The summed E-state index contributed by atoms with van der Waals surface area (Å²) in [5, 5.41) is 28.1. The number of carbonyl (C=O) groups excluding carboxylic acids is 1. The predicted molar refractivity (Wildman–Crippen MR) is 136 cm³/mol. The van der Waals surface area contributed by atoms with Crippen LogP contribution in [0.5, 0.6) is 5.88 Å². The van der Waals surface area contributed by atoms with Gasteiger partial charge in [0.05, 0.1) is 34.6 Å². The average molecular weight is 536 g/mol. The van der Waals surface area contributed by atoms with E-state index in [2.05, 4.69) is 20.4 Å². The van der Waals surface area contributed by atoms with Gasteiger partial charge in [-0.05, 0) is 44.0 Å². The summed E-state index contributed by atoms with van der Waals surface area (Å²) in [5.74, 6) is -0.727. The molecule has 3 heterocycles. The molecule has 1 aromatic carbocycles. The van der Waals surface area contributed by atoms with Crippen LogP contribution in [-0.2, 0) is 16.3 Å². The van der Waals surface area contributed by atoms with Gasteiger partial charge in [-0.1, -0.05) is 11.6 Å². The summed E-state index contributed by atoms with van der Waals surface area (Å²) in [6.07, 6.45) is 4.97. The maximum absolute atomic E-state index is 12.4. The first kappa shape index (κ1) is 25.0. The number of fused-ring (bicyclic) bond motifs is 1. The van der Waals surface area contributed by atoms with Crippen LogP contribution in [0.1, 0.15) is 31.0 Å². The fourth-order valence-corrected chi connectivity index (χ4v) is 3.78. The number of hydrogen-bond donors (Lipinski definition) is 4. The van der Waals surface area contributed by atoms with Crippen molar-refractivity contribution in [3.05, 3.63) is 67.9 Å². The number of nitrogens with one attached hydrogen (secondary N) is 2. The maximum Gasteiger partial charge on any atom is 0.331 e.